The zero-order valence-corrected chi connectivity index (χ0v) is 14.9. The lowest BCUT2D eigenvalue weighted by Crippen LogP contribution is -2.27. The van der Waals surface area contributed by atoms with E-state index in [1.165, 1.54) is 21.7 Å². The molecule has 0 unspecified atom stereocenters. The van der Waals surface area contributed by atoms with Gasteiger partial charge in [0.1, 0.15) is 0 Å². The van der Waals surface area contributed by atoms with Crippen LogP contribution in [-0.4, -0.2) is 24.9 Å². The average molecular weight is 390 g/mol. The lowest BCUT2D eigenvalue weighted by Gasteiger charge is -2.19. The second kappa shape index (κ2) is 6.58. The van der Waals surface area contributed by atoms with Crippen LogP contribution < -0.4 is 0 Å². The third-order valence-electron chi connectivity index (χ3n) is 3.21. The summed E-state index contributed by atoms with van der Waals surface area (Å²) in [5, 5.41) is 13.1. The number of benzene rings is 1. The Balaban J connectivity index is 2.41. The molecule has 0 atom stereocenters. The number of rotatable bonds is 5. The predicted octanol–water partition coefficient (Wildman–Crippen LogP) is 3.13. The van der Waals surface area contributed by atoms with Gasteiger partial charge in [0, 0.05) is 18.1 Å². The van der Waals surface area contributed by atoms with E-state index in [0.29, 0.717) is 22.1 Å². The Labute approximate surface area is 137 Å². The second-order valence-electron chi connectivity index (χ2n) is 4.75. The lowest BCUT2D eigenvalue weighted by atomic mass is 10.2. The number of thiophene rings is 1. The Kier molecular flexibility index (Phi) is 5.21. The molecule has 1 aromatic heterocycles. The van der Waals surface area contributed by atoms with Gasteiger partial charge in [-0.1, -0.05) is 15.9 Å². The zero-order valence-electron chi connectivity index (χ0n) is 11.7. The lowest BCUT2D eigenvalue weighted by molar-refractivity contribution is 0.281. The third-order valence-corrected chi connectivity index (χ3v) is 6.70. The van der Waals surface area contributed by atoms with Gasteiger partial charge in [0.05, 0.1) is 11.5 Å². The van der Waals surface area contributed by atoms with E-state index in [-0.39, 0.29) is 11.5 Å². The molecule has 0 radical (unpaired) electrons. The summed E-state index contributed by atoms with van der Waals surface area (Å²) in [6, 6.07) is 5.16. The summed E-state index contributed by atoms with van der Waals surface area (Å²) in [7, 11) is -2.04. The van der Waals surface area contributed by atoms with E-state index in [0.717, 1.165) is 5.56 Å². The van der Waals surface area contributed by atoms with Gasteiger partial charge in [-0.05, 0) is 52.6 Å². The smallest absolute Gasteiger partial charge is 0.243 e. The molecular weight excluding hydrogens is 374 g/mol. The molecule has 4 nitrogen and oxygen atoms in total. The van der Waals surface area contributed by atoms with Gasteiger partial charge in [0.15, 0.2) is 0 Å². The van der Waals surface area contributed by atoms with Crippen LogP contribution in [-0.2, 0) is 23.2 Å². The van der Waals surface area contributed by atoms with Gasteiger partial charge in [-0.15, -0.1) is 0 Å². The molecule has 2 rings (SSSR count). The van der Waals surface area contributed by atoms with E-state index in [1.54, 1.807) is 20.0 Å². The highest BCUT2D eigenvalue weighted by atomic mass is 79.9. The number of aliphatic hydroxyl groups is 1. The van der Waals surface area contributed by atoms with Gasteiger partial charge in [-0.25, -0.2) is 8.42 Å². The average Bonchev–Trinajstić information content (AvgIpc) is 2.94. The standard InChI is InChI=1S/C14H16BrNO3S2/c1-10-13(15)5-12(8-17)6-14(10)21(18,19)16(2)7-11-3-4-20-9-11/h3-6,9,17H,7-8H2,1-2H3. The highest BCUT2D eigenvalue weighted by Gasteiger charge is 2.24. The van der Waals surface area contributed by atoms with Crippen LogP contribution in [0.15, 0.2) is 38.3 Å². The van der Waals surface area contributed by atoms with Gasteiger partial charge in [0.2, 0.25) is 10.0 Å². The van der Waals surface area contributed by atoms with Crippen molar-refractivity contribution in [3.05, 3.63) is 50.1 Å². The minimum Gasteiger partial charge on any atom is -0.392 e. The number of hydrogen-bond acceptors (Lipinski definition) is 4. The summed E-state index contributed by atoms with van der Waals surface area (Å²) in [5.41, 5.74) is 2.17. The zero-order chi connectivity index (χ0) is 15.6. The molecule has 2 aromatic rings. The number of aliphatic hydroxyl groups excluding tert-OH is 1. The van der Waals surface area contributed by atoms with Crippen LogP contribution in [0.1, 0.15) is 16.7 Å². The van der Waals surface area contributed by atoms with E-state index >= 15 is 0 Å². The van der Waals surface area contributed by atoms with Gasteiger partial charge < -0.3 is 5.11 Å². The molecule has 0 fully saturated rings. The number of halogens is 1. The second-order valence-corrected chi connectivity index (χ2v) is 8.40. The fraction of sp³-hybridized carbons (Fsp3) is 0.286. The largest absolute Gasteiger partial charge is 0.392 e. The first-order chi connectivity index (χ1) is 9.86. The van der Waals surface area contributed by atoms with Crippen LogP contribution in [0, 0.1) is 6.92 Å². The topological polar surface area (TPSA) is 57.6 Å². The maximum Gasteiger partial charge on any atom is 0.243 e. The minimum atomic E-state index is -3.60. The first kappa shape index (κ1) is 16.6. The Morgan fingerprint density at radius 1 is 1.33 bits per heavy atom. The number of hydrogen-bond donors (Lipinski definition) is 1. The number of nitrogens with zero attached hydrogens (tertiary/aromatic N) is 1. The van der Waals surface area contributed by atoms with Crippen molar-refractivity contribution in [2.24, 2.45) is 0 Å². The molecule has 0 bridgehead atoms. The molecule has 21 heavy (non-hydrogen) atoms. The predicted molar refractivity (Wildman–Crippen MR) is 87.8 cm³/mol. The first-order valence-electron chi connectivity index (χ1n) is 6.23. The molecule has 1 heterocycles. The van der Waals surface area contributed by atoms with Crippen LogP contribution in [0.25, 0.3) is 0 Å². The van der Waals surface area contributed by atoms with Crippen LogP contribution in [0.2, 0.25) is 0 Å². The summed E-state index contributed by atoms with van der Waals surface area (Å²) < 4.78 is 27.5. The molecule has 7 heteroatoms. The molecular formula is C14H16BrNO3S2. The van der Waals surface area contributed by atoms with Crippen LogP contribution in [0.4, 0.5) is 0 Å². The Hall–Kier alpha value is -0.730. The molecule has 0 saturated heterocycles. The van der Waals surface area contributed by atoms with Crippen molar-refractivity contribution in [1.29, 1.82) is 0 Å². The molecule has 1 aromatic carbocycles. The summed E-state index contributed by atoms with van der Waals surface area (Å²) in [5.74, 6) is 0. The molecule has 114 valence electrons. The third kappa shape index (κ3) is 3.54. The van der Waals surface area contributed by atoms with Crippen molar-refractivity contribution < 1.29 is 13.5 Å². The minimum absolute atomic E-state index is 0.199. The van der Waals surface area contributed by atoms with Crippen molar-refractivity contribution in [3.63, 3.8) is 0 Å². The van der Waals surface area contributed by atoms with Crippen molar-refractivity contribution >= 4 is 37.3 Å². The van der Waals surface area contributed by atoms with E-state index in [4.69, 9.17) is 0 Å². The van der Waals surface area contributed by atoms with Gasteiger partial charge in [-0.2, -0.15) is 15.6 Å². The van der Waals surface area contributed by atoms with Crippen LogP contribution >= 0.6 is 27.3 Å². The maximum absolute atomic E-state index is 12.7. The van der Waals surface area contributed by atoms with Gasteiger partial charge >= 0.3 is 0 Å². The molecule has 0 saturated carbocycles. The molecule has 0 amide bonds. The molecule has 0 aliphatic rings. The fourth-order valence-corrected chi connectivity index (χ4v) is 4.71. The van der Waals surface area contributed by atoms with Crippen LogP contribution in [0.3, 0.4) is 0 Å². The van der Waals surface area contributed by atoms with E-state index in [1.807, 2.05) is 16.8 Å². The van der Waals surface area contributed by atoms with Crippen LogP contribution in [0.5, 0.6) is 0 Å². The van der Waals surface area contributed by atoms with Crippen molar-refractivity contribution in [2.75, 3.05) is 7.05 Å². The SMILES string of the molecule is Cc1c(Br)cc(CO)cc1S(=O)(=O)N(C)Cc1ccsc1. The Morgan fingerprint density at radius 3 is 2.62 bits per heavy atom. The van der Waals surface area contributed by atoms with E-state index in [9.17, 15) is 13.5 Å². The Bertz CT molecular complexity index is 727. The summed E-state index contributed by atoms with van der Waals surface area (Å²) in [4.78, 5) is 0.221. The maximum atomic E-state index is 12.7. The normalized spacial score (nSPS) is 12.0. The van der Waals surface area contributed by atoms with Crippen molar-refractivity contribution in [1.82, 2.24) is 4.31 Å². The van der Waals surface area contributed by atoms with Gasteiger partial charge in [-0.3, -0.25) is 0 Å². The van der Waals surface area contributed by atoms with E-state index in [2.05, 4.69) is 15.9 Å². The summed E-state index contributed by atoms with van der Waals surface area (Å²) in [6.45, 7) is 1.87. The quantitative estimate of drug-likeness (QED) is 0.854. The molecule has 0 aliphatic heterocycles. The van der Waals surface area contributed by atoms with Crippen molar-refractivity contribution in [3.8, 4) is 0 Å². The number of sulfonamides is 1. The first-order valence-corrected chi connectivity index (χ1v) is 9.41. The molecule has 1 N–H and O–H groups in total. The van der Waals surface area contributed by atoms with Gasteiger partial charge in [0.25, 0.3) is 0 Å². The Morgan fingerprint density at radius 2 is 2.05 bits per heavy atom. The fourth-order valence-electron chi connectivity index (χ4n) is 1.96. The molecule has 0 aliphatic carbocycles. The highest BCUT2D eigenvalue weighted by molar-refractivity contribution is 9.10. The van der Waals surface area contributed by atoms with Crippen molar-refractivity contribution in [2.45, 2.75) is 25.0 Å². The summed E-state index contributed by atoms with van der Waals surface area (Å²) in [6.07, 6.45) is 0. The highest BCUT2D eigenvalue weighted by Crippen LogP contribution is 2.28. The van der Waals surface area contributed by atoms with E-state index < -0.39 is 10.0 Å². The summed E-state index contributed by atoms with van der Waals surface area (Å²) >= 11 is 4.89. The molecule has 0 spiro atoms. The monoisotopic (exact) mass is 389 g/mol.